The SMILES string of the molecule is P.[Cu].[Ni].[Pd].[Pt]. The van der Waals surface area contributed by atoms with Gasteiger partial charge in [-0.15, -0.1) is 0 Å². The van der Waals surface area contributed by atoms with Crippen molar-refractivity contribution in [3.8, 4) is 0 Å². The van der Waals surface area contributed by atoms with Gasteiger partial charge in [0.2, 0.25) is 0 Å². The third kappa shape index (κ3) is 20.0. The molecular formula is H3CuNiPPdPt. The molecule has 0 spiro atoms. The summed E-state index contributed by atoms with van der Waals surface area (Å²) >= 11 is 0. The third-order valence-corrected chi connectivity index (χ3v) is 0. The van der Waals surface area contributed by atoms with Crippen LogP contribution in [0.5, 0.6) is 0 Å². The van der Waals surface area contributed by atoms with E-state index in [1.54, 1.807) is 0 Å². The first-order valence-corrected chi connectivity index (χ1v) is 0. The summed E-state index contributed by atoms with van der Waals surface area (Å²) in [6, 6.07) is 0. The Morgan fingerprint density at radius 1 is 1.00 bits per heavy atom. The first kappa shape index (κ1) is 46.1. The van der Waals surface area contributed by atoms with Crippen molar-refractivity contribution in [1.82, 2.24) is 0 Å². The Bertz CT molecular complexity index is 11.6. The quantitative estimate of drug-likeness (QED) is 0.356. The van der Waals surface area contributed by atoms with Crippen LogP contribution in [0.3, 0.4) is 0 Å². The molecule has 0 nitrogen and oxygen atoms in total. The molecule has 0 aliphatic rings. The maximum Gasteiger partial charge on any atom is 0 e. The van der Waals surface area contributed by atoms with E-state index in [0.717, 1.165) is 0 Å². The molecule has 0 aliphatic heterocycles. The normalized spacial score (nSPS) is 0. The van der Waals surface area contributed by atoms with E-state index in [0.29, 0.717) is 0 Å². The van der Waals surface area contributed by atoms with Crippen LogP contribution in [0, 0.1) is 0 Å². The van der Waals surface area contributed by atoms with Crippen LogP contribution in [0.2, 0.25) is 0 Å². The minimum Gasteiger partial charge on any atom is -0.153 e. The monoisotopic (exact) mass is 456 g/mol. The fourth-order valence-electron chi connectivity index (χ4n) is 0. The van der Waals surface area contributed by atoms with Crippen molar-refractivity contribution in [2.45, 2.75) is 0 Å². The van der Waals surface area contributed by atoms with Gasteiger partial charge in [-0.1, -0.05) is 0 Å². The summed E-state index contributed by atoms with van der Waals surface area (Å²) in [4.78, 5) is 0. The Morgan fingerprint density at radius 3 is 1.00 bits per heavy atom. The molecule has 0 saturated heterocycles. The van der Waals surface area contributed by atoms with E-state index in [1.165, 1.54) is 0 Å². The standard InChI is InChI=1S/Cu.Ni.H3P.Pd.Pt/h;;1H3;;. The molecule has 0 amide bonds. The zero-order valence-corrected chi connectivity index (χ0v) is 9.13. The first-order valence-electron chi connectivity index (χ1n) is 0. The molecule has 1 atom stereocenters. The molecule has 0 heterocycles. The van der Waals surface area contributed by atoms with Crippen LogP contribution in [-0.4, -0.2) is 0 Å². The van der Waals surface area contributed by atoms with Crippen LogP contribution in [-0.2, 0) is 75.0 Å². The molecule has 0 aromatic rings. The Hall–Kier alpha value is 2.79. The largest absolute Gasteiger partial charge is 0.153 e. The fraction of sp³-hybridized carbons (Fsp3) is 0. The van der Waals surface area contributed by atoms with E-state index >= 15 is 0 Å². The van der Waals surface area contributed by atoms with Crippen LogP contribution in [0.25, 0.3) is 0 Å². The van der Waals surface area contributed by atoms with E-state index in [4.69, 9.17) is 0 Å². The second kappa shape index (κ2) is 29.2. The topological polar surface area (TPSA) is 0 Å². The van der Waals surface area contributed by atoms with Gasteiger partial charge in [0.15, 0.2) is 0 Å². The van der Waals surface area contributed by atoms with Crippen molar-refractivity contribution in [3.05, 3.63) is 0 Å². The van der Waals surface area contributed by atoms with Gasteiger partial charge in [-0.05, 0) is 0 Å². The van der Waals surface area contributed by atoms with Gasteiger partial charge in [-0.2, -0.15) is 9.90 Å². The molecule has 0 bridgehead atoms. The Labute approximate surface area is 83.9 Å². The second-order valence-electron chi connectivity index (χ2n) is 0. The van der Waals surface area contributed by atoms with Gasteiger partial charge in [-0.25, -0.2) is 0 Å². The van der Waals surface area contributed by atoms with Crippen molar-refractivity contribution in [3.63, 3.8) is 0 Å². The van der Waals surface area contributed by atoms with Gasteiger partial charge in [0.05, 0.1) is 0 Å². The molecule has 5 heteroatoms. The van der Waals surface area contributed by atoms with Crippen LogP contribution in [0.4, 0.5) is 0 Å². The van der Waals surface area contributed by atoms with Crippen molar-refractivity contribution in [1.29, 1.82) is 0 Å². The molecule has 0 saturated carbocycles. The molecule has 1 unspecified atom stereocenters. The molecule has 0 N–H and O–H groups in total. The number of hydrogen-bond donors (Lipinski definition) is 0. The molecule has 49 valence electrons. The summed E-state index contributed by atoms with van der Waals surface area (Å²) in [5.41, 5.74) is 0. The Morgan fingerprint density at radius 2 is 1.00 bits per heavy atom. The van der Waals surface area contributed by atoms with Crippen molar-refractivity contribution < 1.29 is 75.0 Å². The summed E-state index contributed by atoms with van der Waals surface area (Å²) < 4.78 is 0. The molecule has 0 rings (SSSR count). The number of rotatable bonds is 0. The van der Waals surface area contributed by atoms with Crippen LogP contribution < -0.4 is 0 Å². The minimum absolute atomic E-state index is 0. The third-order valence-electron chi connectivity index (χ3n) is 0. The molecule has 1 radical (unpaired) electrons. The van der Waals surface area contributed by atoms with Crippen LogP contribution >= 0.6 is 9.90 Å². The second-order valence-corrected chi connectivity index (χ2v) is 0. The van der Waals surface area contributed by atoms with Gasteiger partial charge >= 0.3 is 0 Å². The van der Waals surface area contributed by atoms with Gasteiger partial charge in [0, 0.05) is 75.0 Å². The average Bonchev–Trinajstić information content (AvgIpc) is 0. The molecular weight excluding hydrogens is 455 g/mol. The van der Waals surface area contributed by atoms with Gasteiger partial charge in [0.25, 0.3) is 0 Å². The molecule has 0 aromatic carbocycles. The summed E-state index contributed by atoms with van der Waals surface area (Å²) in [7, 11) is 0. The zero-order chi connectivity index (χ0) is 0. The first-order chi connectivity index (χ1) is 0. The Kier molecular flexibility index (Phi) is 269. The smallest absolute Gasteiger partial charge is 0 e. The van der Waals surface area contributed by atoms with Gasteiger partial charge in [0.1, 0.15) is 0 Å². The van der Waals surface area contributed by atoms with Crippen molar-refractivity contribution >= 4 is 9.90 Å². The molecule has 5 heavy (non-hydrogen) atoms. The maximum atomic E-state index is 0. The van der Waals surface area contributed by atoms with Crippen molar-refractivity contribution in [2.75, 3.05) is 0 Å². The number of hydrogen-bond acceptors (Lipinski definition) is 0. The zero-order valence-electron chi connectivity index (χ0n) is 1.96. The average molecular weight is 458 g/mol. The van der Waals surface area contributed by atoms with Crippen molar-refractivity contribution in [2.24, 2.45) is 0 Å². The van der Waals surface area contributed by atoms with Crippen LogP contribution in [0.15, 0.2) is 0 Å². The molecule has 0 aliphatic carbocycles. The van der Waals surface area contributed by atoms with Crippen LogP contribution in [0.1, 0.15) is 0 Å². The predicted molar refractivity (Wildman–Crippen MR) is 11.1 cm³/mol. The summed E-state index contributed by atoms with van der Waals surface area (Å²) in [5, 5.41) is 0. The summed E-state index contributed by atoms with van der Waals surface area (Å²) in [6.45, 7) is 0. The van der Waals surface area contributed by atoms with E-state index in [2.05, 4.69) is 0 Å². The van der Waals surface area contributed by atoms with Gasteiger partial charge in [-0.3, -0.25) is 0 Å². The Balaban J connectivity index is 0. The van der Waals surface area contributed by atoms with E-state index in [9.17, 15) is 0 Å². The summed E-state index contributed by atoms with van der Waals surface area (Å²) in [5.74, 6) is 0. The maximum absolute atomic E-state index is 0. The van der Waals surface area contributed by atoms with E-state index in [-0.39, 0.29) is 84.9 Å². The minimum atomic E-state index is 0. The van der Waals surface area contributed by atoms with E-state index < -0.39 is 0 Å². The van der Waals surface area contributed by atoms with E-state index in [1.807, 2.05) is 0 Å². The molecule has 0 fully saturated rings. The summed E-state index contributed by atoms with van der Waals surface area (Å²) in [6.07, 6.45) is 0. The van der Waals surface area contributed by atoms with Gasteiger partial charge < -0.3 is 0 Å². The molecule has 0 aromatic heterocycles. The fourth-order valence-corrected chi connectivity index (χ4v) is 0. The predicted octanol–water partition coefficient (Wildman–Crippen LogP) is 0.0481.